The van der Waals surface area contributed by atoms with Crippen LogP contribution in [-0.4, -0.2) is 46.4 Å². The smallest absolute Gasteiger partial charge is 0.222 e. The Morgan fingerprint density at radius 1 is 1.02 bits per heavy atom. The number of aliphatic hydroxyl groups is 1. The Labute approximate surface area is 246 Å². The van der Waals surface area contributed by atoms with E-state index < -0.39 is 12.3 Å². The molecule has 2 saturated carbocycles. The number of hydrogen-bond donors (Lipinski definition) is 2. The van der Waals surface area contributed by atoms with Gasteiger partial charge in [-0.3, -0.25) is 4.79 Å². The van der Waals surface area contributed by atoms with E-state index in [2.05, 4.69) is 31.2 Å². The molecule has 2 fully saturated rings. The molecule has 41 heavy (non-hydrogen) atoms. The predicted molar refractivity (Wildman–Crippen MR) is 163 cm³/mol. The number of carbonyl (C=O) groups excluding carboxylic acids is 1. The van der Waals surface area contributed by atoms with Gasteiger partial charge in [-0.05, 0) is 103 Å². The third-order valence-corrected chi connectivity index (χ3v) is 10.9. The average molecular weight is 564 g/mol. The Kier molecular flexibility index (Phi) is 9.74. The lowest BCUT2D eigenvalue weighted by Gasteiger charge is -2.54. The minimum atomic E-state index is -0.955. The predicted octanol–water partition coefficient (Wildman–Crippen LogP) is 7.61. The largest absolute Gasteiger partial charge is 0.508 e. The molecule has 5 heteroatoms. The van der Waals surface area contributed by atoms with Crippen LogP contribution in [0, 0.1) is 23.2 Å². The standard InChI is InChI=1S/C36H50FNO3/c1-3-33(41)38(21-11-14-25-12-7-6-8-13-25)20-10-5-4-9-15-26-22-27-23-28(39)16-17-29(27)35-31(37)24-36(2)30(34(26)35)18-19-32(36)40/h6-8,12-13,16-17,23,26,30-32,34-35,39-40H,3-5,9-11,14-15,18-22,24H2,1-2H3/t26?,30?,31?,32?,34?,35?,36-/m0/s1. The quantitative estimate of drug-likeness (QED) is 0.261. The van der Waals surface area contributed by atoms with E-state index >= 15 is 4.39 Å². The summed E-state index contributed by atoms with van der Waals surface area (Å²) in [6.07, 6.45) is 9.65. The third-order valence-electron chi connectivity index (χ3n) is 10.9. The Bertz CT molecular complexity index is 1150. The van der Waals surface area contributed by atoms with Crippen LogP contribution < -0.4 is 0 Å². The van der Waals surface area contributed by atoms with E-state index in [1.165, 1.54) is 5.56 Å². The number of fused-ring (bicyclic) bond motifs is 5. The van der Waals surface area contributed by atoms with E-state index in [-0.39, 0.29) is 28.9 Å². The van der Waals surface area contributed by atoms with Gasteiger partial charge in [-0.25, -0.2) is 4.39 Å². The van der Waals surface area contributed by atoms with Gasteiger partial charge in [0, 0.05) is 25.4 Å². The maximum atomic E-state index is 16.0. The van der Waals surface area contributed by atoms with Crippen LogP contribution in [0.1, 0.15) is 101 Å². The number of benzene rings is 2. The molecule has 0 spiro atoms. The maximum absolute atomic E-state index is 16.0. The maximum Gasteiger partial charge on any atom is 0.222 e. The van der Waals surface area contributed by atoms with Crippen molar-refractivity contribution in [1.82, 2.24) is 4.90 Å². The summed E-state index contributed by atoms with van der Waals surface area (Å²) in [6, 6.07) is 16.0. The van der Waals surface area contributed by atoms with Crippen LogP contribution in [0.4, 0.5) is 4.39 Å². The van der Waals surface area contributed by atoms with Crippen LogP contribution in [0.3, 0.4) is 0 Å². The summed E-state index contributed by atoms with van der Waals surface area (Å²) in [5.41, 5.74) is 3.20. The summed E-state index contributed by atoms with van der Waals surface area (Å²) in [5, 5.41) is 21.1. The molecular weight excluding hydrogens is 513 g/mol. The highest BCUT2D eigenvalue weighted by Crippen LogP contribution is 2.63. The number of hydrogen-bond acceptors (Lipinski definition) is 3. The Balaban J connectivity index is 1.15. The van der Waals surface area contributed by atoms with Crippen LogP contribution in [0.25, 0.3) is 0 Å². The number of halogens is 1. The molecule has 0 saturated heterocycles. The number of aromatic hydroxyl groups is 1. The molecular formula is C36H50FNO3. The van der Waals surface area contributed by atoms with Gasteiger partial charge < -0.3 is 15.1 Å². The fraction of sp³-hybridized carbons (Fsp3) is 0.639. The van der Waals surface area contributed by atoms with Gasteiger partial charge in [-0.15, -0.1) is 0 Å². The molecule has 0 radical (unpaired) electrons. The van der Waals surface area contributed by atoms with Gasteiger partial charge in [0.05, 0.1) is 6.10 Å². The number of rotatable bonds is 12. The molecule has 4 nitrogen and oxygen atoms in total. The van der Waals surface area contributed by atoms with Gasteiger partial charge >= 0.3 is 0 Å². The van der Waals surface area contributed by atoms with Crippen molar-refractivity contribution < 1.29 is 19.4 Å². The van der Waals surface area contributed by atoms with Crippen LogP contribution in [0.5, 0.6) is 5.75 Å². The van der Waals surface area contributed by atoms with Crippen molar-refractivity contribution in [2.75, 3.05) is 13.1 Å². The van der Waals surface area contributed by atoms with E-state index in [9.17, 15) is 15.0 Å². The molecule has 5 rings (SSSR count). The highest BCUT2D eigenvalue weighted by Gasteiger charge is 2.59. The zero-order chi connectivity index (χ0) is 29.0. The molecule has 0 aliphatic heterocycles. The molecule has 6 unspecified atom stereocenters. The lowest BCUT2D eigenvalue weighted by molar-refractivity contribution is -0.131. The molecule has 3 aliphatic rings. The molecule has 0 heterocycles. The van der Waals surface area contributed by atoms with Crippen LogP contribution in [0.2, 0.25) is 0 Å². The van der Waals surface area contributed by atoms with Crippen LogP contribution >= 0.6 is 0 Å². The minimum Gasteiger partial charge on any atom is -0.508 e. The van der Waals surface area contributed by atoms with Crippen LogP contribution in [0.15, 0.2) is 48.5 Å². The van der Waals surface area contributed by atoms with Crippen molar-refractivity contribution in [1.29, 1.82) is 0 Å². The molecule has 224 valence electrons. The second-order valence-corrected chi connectivity index (χ2v) is 13.4. The Morgan fingerprint density at radius 3 is 2.56 bits per heavy atom. The fourth-order valence-corrected chi connectivity index (χ4v) is 8.80. The van der Waals surface area contributed by atoms with Crippen molar-refractivity contribution in [2.45, 2.75) is 109 Å². The van der Waals surface area contributed by atoms with E-state index in [1.807, 2.05) is 30.0 Å². The van der Waals surface area contributed by atoms with Gasteiger partial charge in [0.15, 0.2) is 0 Å². The molecule has 3 aliphatic carbocycles. The monoisotopic (exact) mass is 563 g/mol. The van der Waals surface area contributed by atoms with E-state index in [4.69, 9.17) is 0 Å². The van der Waals surface area contributed by atoms with Crippen molar-refractivity contribution in [3.05, 3.63) is 65.2 Å². The topological polar surface area (TPSA) is 60.8 Å². The molecule has 0 aromatic heterocycles. The Morgan fingerprint density at radius 2 is 1.78 bits per heavy atom. The summed E-state index contributed by atoms with van der Waals surface area (Å²) in [7, 11) is 0. The van der Waals surface area contributed by atoms with Gasteiger partial charge in [0.1, 0.15) is 11.9 Å². The van der Waals surface area contributed by atoms with E-state index in [1.54, 1.807) is 6.07 Å². The van der Waals surface area contributed by atoms with Gasteiger partial charge in [-0.2, -0.15) is 0 Å². The number of aryl methyl sites for hydroxylation is 1. The number of aliphatic hydroxyl groups excluding tert-OH is 1. The first kappa shape index (κ1) is 30.1. The van der Waals surface area contributed by atoms with Crippen molar-refractivity contribution in [2.24, 2.45) is 23.2 Å². The van der Waals surface area contributed by atoms with Crippen molar-refractivity contribution in [3.63, 3.8) is 0 Å². The first-order chi connectivity index (χ1) is 19.8. The SMILES string of the molecule is CCC(=O)N(CCCCCCC1Cc2cc(O)ccc2C2C(F)C[C@]3(C)C(O)CCC3C12)CCCc1ccccc1. The first-order valence-electron chi connectivity index (χ1n) is 16.3. The van der Waals surface area contributed by atoms with Gasteiger partial charge in [0.25, 0.3) is 0 Å². The van der Waals surface area contributed by atoms with E-state index in [0.717, 1.165) is 88.4 Å². The summed E-state index contributed by atoms with van der Waals surface area (Å²) >= 11 is 0. The molecule has 1 amide bonds. The van der Waals surface area contributed by atoms with Gasteiger partial charge in [0.2, 0.25) is 5.91 Å². The fourth-order valence-electron chi connectivity index (χ4n) is 8.80. The normalized spacial score (nSPS) is 30.3. The number of alkyl halides is 1. The highest BCUT2D eigenvalue weighted by molar-refractivity contribution is 5.75. The van der Waals surface area contributed by atoms with Gasteiger partial charge in [-0.1, -0.05) is 69.5 Å². The average Bonchev–Trinajstić information content (AvgIpc) is 3.26. The summed E-state index contributed by atoms with van der Waals surface area (Å²) < 4.78 is 16.0. The molecule has 7 atom stereocenters. The number of unbranched alkanes of at least 4 members (excludes halogenated alkanes) is 3. The lowest BCUT2D eigenvalue weighted by atomic mass is 9.51. The molecule has 0 bridgehead atoms. The zero-order valence-electron chi connectivity index (χ0n) is 25.1. The second kappa shape index (κ2) is 13.3. The number of amides is 1. The minimum absolute atomic E-state index is 0.128. The lowest BCUT2D eigenvalue weighted by Crippen LogP contribution is -2.51. The Hall–Kier alpha value is -2.40. The summed E-state index contributed by atoms with van der Waals surface area (Å²) in [4.78, 5) is 14.6. The number of phenolic OH excluding ortho intramolecular Hbond substituents is 1. The number of nitrogens with zero attached hydrogens (tertiary/aromatic N) is 1. The highest BCUT2D eigenvalue weighted by atomic mass is 19.1. The summed E-state index contributed by atoms with van der Waals surface area (Å²) in [5.74, 6) is 1.36. The number of phenols is 1. The number of carbonyl (C=O) groups is 1. The second-order valence-electron chi connectivity index (χ2n) is 13.4. The molecule has 2 aromatic carbocycles. The molecule has 2 aromatic rings. The van der Waals surface area contributed by atoms with Crippen molar-refractivity contribution in [3.8, 4) is 5.75 Å². The van der Waals surface area contributed by atoms with E-state index in [0.29, 0.717) is 24.7 Å². The first-order valence-corrected chi connectivity index (χ1v) is 16.3. The molecule has 2 N–H and O–H groups in total. The third kappa shape index (κ3) is 6.50. The zero-order valence-corrected chi connectivity index (χ0v) is 25.1. The summed E-state index contributed by atoms with van der Waals surface area (Å²) in [6.45, 7) is 5.72. The van der Waals surface area contributed by atoms with Crippen molar-refractivity contribution >= 4 is 5.91 Å². The van der Waals surface area contributed by atoms with Crippen LogP contribution in [-0.2, 0) is 17.6 Å².